The van der Waals surface area contributed by atoms with Crippen molar-refractivity contribution in [2.24, 2.45) is 0 Å². The molecule has 3 aromatic rings. The Kier molecular flexibility index (Phi) is 7.94. The summed E-state index contributed by atoms with van der Waals surface area (Å²) < 4.78 is 6.65. The van der Waals surface area contributed by atoms with Crippen molar-refractivity contribution in [2.45, 2.75) is 20.3 Å². The van der Waals surface area contributed by atoms with Crippen LogP contribution in [-0.4, -0.2) is 13.0 Å². The summed E-state index contributed by atoms with van der Waals surface area (Å²) in [6.45, 7) is 4.18. The average Bonchev–Trinajstić information content (AvgIpc) is 2.72. The van der Waals surface area contributed by atoms with Crippen LogP contribution in [0.3, 0.4) is 0 Å². The van der Waals surface area contributed by atoms with Gasteiger partial charge in [0, 0.05) is 26.3 Å². The number of hydrogen-bond acceptors (Lipinski definition) is 3. The molecular weight excluding hydrogens is 535 g/mol. The fourth-order valence-corrected chi connectivity index (χ4v) is 4.53. The number of benzene rings is 3. The molecule has 0 unspecified atom stereocenters. The van der Waals surface area contributed by atoms with E-state index in [1.54, 1.807) is 37.5 Å². The second-order valence-corrected chi connectivity index (χ2v) is 9.09. The van der Waals surface area contributed by atoms with Gasteiger partial charge in [0.1, 0.15) is 17.4 Å². The molecule has 0 aromatic heterocycles. The maximum Gasteiger partial charge on any atom is 0.266 e. The third kappa shape index (κ3) is 6.12. The van der Waals surface area contributed by atoms with E-state index in [1.165, 1.54) is 16.7 Å². The van der Waals surface area contributed by atoms with Gasteiger partial charge in [-0.15, -0.1) is 0 Å². The number of carbonyl (C=O) groups is 1. The Hall–Kier alpha value is -2.82. The number of aryl methyl sites for hydroxylation is 2. The van der Waals surface area contributed by atoms with E-state index in [9.17, 15) is 10.1 Å². The minimum Gasteiger partial charge on any atom is -0.496 e. The molecule has 1 N–H and O–H groups in total. The van der Waals surface area contributed by atoms with Gasteiger partial charge >= 0.3 is 0 Å². The molecule has 3 aromatic carbocycles. The van der Waals surface area contributed by atoms with Crippen LogP contribution < -0.4 is 10.1 Å². The predicted octanol–water partition coefficient (Wildman–Crippen LogP) is 6.71. The van der Waals surface area contributed by atoms with Gasteiger partial charge in [-0.1, -0.05) is 47.0 Å². The molecular formula is C26H22ClIN2O2. The topological polar surface area (TPSA) is 62.1 Å². The van der Waals surface area contributed by atoms with Gasteiger partial charge in [-0.3, -0.25) is 4.79 Å². The van der Waals surface area contributed by atoms with Crippen LogP contribution in [0.4, 0.5) is 5.69 Å². The molecule has 3 rings (SSSR count). The van der Waals surface area contributed by atoms with Crippen LogP contribution in [0.25, 0.3) is 6.08 Å². The number of halogens is 2. The fraction of sp³-hybridized carbons (Fsp3) is 0.154. The summed E-state index contributed by atoms with van der Waals surface area (Å²) >= 11 is 8.24. The highest BCUT2D eigenvalue weighted by Gasteiger charge is 2.14. The number of ether oxygens (including phenoxy) is 1. The van der Waals surface area contributed by atoms with Crippen LogP contribution in [0.5, 0.6) is 5.75 Å². The van der Waals surface area contributed by atoms with E-state index in [1.807, 2.05) is 18.2 Å². The van der Waals surface area contributed by atoms with Crippen LogP contribution >= 0.6 is 34.2 Å². The van der Waals surface area contributed by atoms with Crippen molar-refractivity contribution in [3.8, 4) is 11.8 Å². The summed E-state index contributed by atoms with van der Waals surface area (Å²) in [6.07, 6.45) is 2.29. The van der Waals surface area contributed by atoms with Crippen molar-refractivity contribution in [2.75, 3.05) is 12.4 Å². The van der Waals surface area contributed by atoms with E-state index in [-0.39, 0.29) is 5.57 Å². The van der Waals surface area contributed by atoms with E-state index in [2.05, 4.69) is 60.0 Å². The average molecular weight is 557 g/mol. The van der Waals surface area contributed by atoms with Crippen LogP contribution in [0.15, 0.2) is 60.2 Å². The molecule has 0 saturated heterocycles. The third-order valence-electron chi connectivity index (χ3n) is 4.82. The summed E-state index contributed by atoms with van der Waals surface area (Å²) in [5, 5.41) is 12.8. The molecule has 162 valence electrons. The molecule has 0 spiro atoms. The van der Waals surface area contributed by atoms with Gasteiger partial charge in [0.25, 0.3) is 5.91 Å². The maximum absolute atomic E-state index is 12.6. The van der Waals surface area contributed by atoms with Gasteiger partial charge in [0.05, 0.1) is 7.11 Å². The molecule has 0 saturated carbocycles. The highest BCUT2D eigenvalue weighted by atomic mass is 127. The summed E-state index contributed by atoms with van der Waals surface area (Å²) in [7, 11) is 1.63. The molecule has 0 aliphatic carbocycles. The van der Waals surface area contributed by atoms with E-state index in [0.717, 1.165) is 21.3 Å². The Morgan fingerprint density at radius 1 is 1.16 bits per heavy atom. The Bertz CT molecular complexity index is 1220. The summed E-state index contributed by atoms with van der Waals surface area (Å²) in [5.74, 6) is 0.220. The number of nitriles is 1. The van der Waals surface area contributed by atoms with Crippen molar-refractivity contribution >= 4 is 51.9 Å². The minimum absolute atomic E-state index is 0.00936. The number of hydrogen-bond donors (Lipinski definition) is 1. The zero-order chi connectivity index (χ0) is 23.3. The normalized spacial score (nSPS) is 11.1. The summed E-state index contributed by atoms with van der Waals surface area (Å²) in [4.78, 5) is 12.6. The molecule has 4 nitrogen and oxygen atoms in total. The highest BCUT2D eigenvalue weighted by Crippen LogP contribution is 2.30. The molecule has 0 aliphatic heterocycles. The van der Waals surface area contributed by atoms with Gasteiger partial charge < -0.3 is 10.1 Å². The first-order valence-electron chi connectivity index (χ1n) is 9.91. The van der Waals surface area contributed by atoms with E-state index in [0.29, 0.717) is 16.3 Å². The lowest BCUT2D eigenvalue weighted by atomic mass is 9.98. The number of nitrogens with zero attached hydrogens (tertiary/aromatic N) is 1. The van der Waals surface area contributed by atoms with Crippen LogP contribution in [-0.2, 0) is 11.2 Å². The SMILES string of the molecule is COc1cc(/C=C(\C#N)C(=O)Nc2cccc(Cl)c2)cc(I)c1Cc1cc(C)cc(C)c1. The molecule has 0 bridgehead atoms. The van der Waals surface area contributed by atoms with Crippen LogP contribution in [0, 0.1) is 28.7 Å². The number of nitrogens with one attached hydrogen (secondary N) is 1. The second kappa shape index (κ2) is 10.7. The molecule has 0 heterocycles. The lowest BCUT2D eigenvalue weighted by Crippen LogP contribution is -2.13. The third-order valence-corrected chi connectivity index (χ3v) is 6.02. The lowest BCUT2D eigenvalue weighted by Gasteiger charge is -2.14. The second-order valence-electron chi connectivity index (χ2n) is 7.49. The Labute approximate surface area is 207 Å². The quantitative estimate of drug-likeness (QED) is 0.209. The van der Waals surface area contributed by atoms with Gasteiger partial charge in [0.2, 0.25) is 0 Å². The zero-order valence-electron chi connectivity index (χ0n) is 18.0. The maximum atomic E-state index is 12.6. The molecule has 0 radical (unpaired) electrons. The van der Waals surface area contributed by atoms with Gasteiger partial charge in [-0.25, -0.2) is 0 Å². The minimum atomic E-state index is -0.497. The van der Waals surface area contributed by atoms with Crippen molar-refractivity contribution in [3.05, 3.63) is 96.6 Å². The number of amides is 1. The van der Waals surface area contributed by atoms with Crippen molar-refractivity contribution in [1.82, 2.24) is 0 Å². The van der Waals surface area contributed by atoms with Crippen LogP contribution in [0.2, 0.25) is 5.02 Å². The van der Waals surface area contributed by atoms with E-state index < -0.39 is 5.91 Å². The van der Waals surface area contributed by atoms with E-state index >= 15 is 0 Å². The standard InChI is InChI=1S/C26H22ClIN2O2/c1-16-7-17(2)9-18(8-16)11-23-24(28)12-19(13-25(23)32-3)10-20(15-29)26(31)30-22-6-4-5-21(27)14-22/h4-10,12-14H,11H2,1-3H3,(H,30,31)/b20-10+. The molecule has 32 heavy (non-hydrogen) atoms. The lowest BCUT2D eigenvalue weighted by molar-refractivity contribution is -0.112. The Morgan fingerprint density at radius 2 is 1.88 bits per heavy atom. The summed E-state index contributed by atoms with van der Waals surface area (Å²) in [6, 6.07) is 19.1. The Morgan fingerprint density at radius 3 is 2.50 bits per heavy atom. The van der Waals surface area contributed by atoms with Gasteiger partial charge in [0.15, 0.2) is 0 Å². The van der Waals surface area contributed by atoms with Gasteiger partial charge in [-0.05, 0) is 84.0 Å². The molecule has 0 aliphatic rings. The van der Waals surface area contributed by atoms with Crippen molar-refractivity contribution in [3.63, 3.8) is 0 Å². The number of methoxy groups -OCH3 is 1. The van der Waals surface area contributed by atoms with Crippen LogP contribution in [0.1, 0.15) is 27.8 Å². The number of anilines is 1. The van der Waals surface area contributed by atoms with Crippen molar-refractivity contribution < 1.29 is 9.53 Å². The fourth-order valence-electron chi connectivity index (χ4n) is 3.52. The largest absolute Gasteiger partial charge is 0.496 e. The molecule has 0 fully saturated rings. The van der Waals surface area contributed by atoms with E-state index in [4.69, 9.17) is 16.3 Å². The zero-order valence-corrected chi connectivity index (χ0v) is 20.9. The molecule has 0 atom stereocenters. The smallest absolute Gasteiger partial charge is 0.266 e. The predicted molar refractivity (Wildman–Crippen MR) is 138 cm³/mol. The first kappa shape index (κ1) is 23.8. The molecule has 1 amide bonds. The first-order valence-corrected chi connectivity index (χ1v) is 11.4. The number of rotatable bonds is 6. The first-order chi connectivity index (χ1) is 15.3. The van der Waals surface area contributed by atoms with Gasteiger partial charge in [-0.2, -0.15) is 5.26 Å². The molecule has 6 heteroatoms. The monoisotopic (exact) mass is 556 g/mol. The Balaban J connectivity index is 1.90. The van der Waals surface area contributed by atoms with Crippen molar-refractivity contribution in [1.29, 1.82) is 5.26 Å². The highest BCUT2D eigenvalue weighted by molar-refractivity contribution is 14.1. The number of carbonyl (C=O) groups excluding carboxylic acids is 1. The summed E-state index contributed by atoms with van der Waals surface area (Å²) in [5.41, 5.74) is 5.95.